The second kappa shape index (κ2) is 36.4. The highest BCUT2D eigenvalue weighted by molar-refractivity contribution is 7.90. The number of likely N-dealkylation sites (N-methyl/N-ethyl adjacent to an activating group) is 1. The smallest absolute Gasteiger partial charge is 0.246 e. The maximum Gasteiger partial charge on any atom is 0.246 e. The lowest BCUT2D eigenvalue weighted by Crippen LogP contribution is -2.60. The summed E-state index contributed by atoms with van der Waals surface area (Å²) in [5.74, 6) is -0.775. The number of phenols is 3. The Morgan fingerprint density at radius 2 is 0.678 bits per heavy atom. The normalized spacial score (nSPS) is 19.8. The molecule has 0 unspecified atom stereocenters. The number of carbonyl (C=O) groups is 5. The molecule has 8 heterocycles. The Kier molecular flexibility index (Phi) is 26.9. The van der Waals surface area contributed by atoms with E-state index in [1.54, 1.807) is 12.1 Å². The molecule has 8 fully saturated rings. The van der Waals surface area contributed by atoms with Crippen molar-refractivity contribution >= 4 is 103 Å². The van der Waals surface area contributed by atoms with Crippen molar-refractivity contribution in [1.29, 1.82) is 0 Å². The fourth-order valence-electron chi connectivity index (χ4n) is 17.0. The predicted octanol–water partition coefficient (Wildman–Crippen LogP) is 8.03. The summed E-state index contributed by atoms with van der Waals surface area (Å²) in [5.41, 5.74) is 1.56. The Morgan fingerprint density at radius 1 is 0.372 bits per heavy atom. The van der Waals surface area contributed by atoms with Gasteiger partial charge in [0.2, 0.25) is 67.8 Å². The average molecular weight is 1790 g/mol. The number of amides is 3. The zero-order valence-corrected chi connectivity index (χ0v) is 72.4. The number of Topliss-reactive ketones (excluding diaryl/α,β-unsaturated/α-hetero) is 2. The zero-order chi connectivity index (χ0) is 86.7. The van der Waals surface area contributed by atoms with Crippen molar-refractivity contribution < 1.29 is 81.4 Å². The number of benzene rings is 8. The molecule has 3 amide bonds. The molecule has 644 valence electrons. The van der Waals surface area contributed by atoms with Crippen molar-refractivity contribution in [3.63, 3.8) is 0 Å². The molecule has 0 saturated carbocycles. The monoisotopic (exact) mass is 1790 g/mol. The Labute approximate surface area is 715 Å². The molecule has 0 aliphatic carbocycles. The minimum atomic E-state index is -3.86. The number of nitrogens with zero attached hydrogens (tertiary/aromatic N) is 9. The molecule has 6 N–H and O–H groups in total. The SMILES string of the molecule is CC(=O)c1ccc(S(=O)(=O)N2CCC3(CC2)N(C)CCN3S(=O)(=O)c2ccc(C(C)=O)cc2)cc1.O=C1CNC2(CCN(S(=O)(=O)c3cc(Cl)c(O)c(Cl)c3)CC2)N1Cc1ccccc1.O=C1CNC2(CCN(S(=O)(=O)c3ccc(O)cc3)CC2)N1Cc1ccccc1.O=C1CNC2(CCN(S(=O)(=O)c3ccccc3O)CC2)N1Cc1ccccc1. The summed E-state index contributed by atoms with van der Waals surface area (Å²) in [7, 11) is -17.0. The molecule has 0 bridgehead atoms. The minimum Gasteiger partial charge on any atom is -0.508 e. The van der Waals surface area contributed by atoms with Gasteiger partial charge in [-0.1, -0.05) is 151 Å². The van der Waals surface area contributed by atoms with Crippen LogP contribution in [0.1, 0.15) is 103 Å². The fourth-order valence-corrected chi connectivity index (χ4v) is 25.3. The van der Waals surface area contributed by atoms with E-state index in [4.69, 9.17) is 23.2 Å². The van der Waals surface area contributed by atoms with Gasteiger partial charge in [-0.2, -0.15) is 21.5 Å². The predicted molar refractivity (Wildman–Crippen MR) is 452 cm³/mol. The summed E-state index contributed by atoms with van der Waals surface area (Å²) < 4.78 is 138. The van der Waals surface area contributed by atoms with Crippen molar-refractivity contribution in [2.45, 2.75) is 132 Å². The second-order valence-corrected chi connectivity index (χ2v) is 41.4. The van der Waals surface area contributed by atoms with Crippen LogP contribution in [0.2, 0.25) is 10.0 Å². The molecule has 37 heteroatoms. The molecule has 0 aromatic heterocycles. The van der Waals surface area contributed by atoms with Crippen LogP contribution in [-0.4, -0.2) is 243 Å². The Hall–Kier alpha value is -9.12. The van der Waals surface area contributed by atoms with Gasteiger partial charge in [0, 0.05) is 96.2 Å². The topological polar surface area (TPSA) is 382 Å². The van der Waals surface area contributed by atoms with E-state index in [0.29, 0.717) is 108 Å². The zero-order valence-electron chi connectivity index (χ0n) is 66.8. The first-order valence-electron chi connectivity index (χ1n) is 39.5. The standard InChI is InChI=1S/C24H29N3O6S2.C20H21Cl2N3O4S.2C20H23N3O4S/c1-18(28)20-4-8-22(9-5-20)34(30,31)26-14-12-24(13-15-26)25(3)16-17-27(24)35(32,33)23-10-6-21(7-11-23)19(2)29;21-16-10-15(11-17(22)19(16)27)30(28,29)24-8-6-20(7-9-24)23-12-18(26)25(20)13-14-4-2-1-3-5-14;24-17-8-4-5-9-18(17)28(26,27)22-12-10-20(11-13-22)21-14-19(25)23(20)15-16-6-2-1-3-7-16;24-17-6-8-18(9-7-17)28(26,27)22-12-10-20(11-13-22)21-14-19(25)23(20)15-16-4-2-1-3-5-16/h4-11H,12-17H2,1-3H3;1-5,10-11,23,27H,6-9,12-13H2;2*1-9,21,24H,10-15H2. The molecule has 8 saturated heterocycles. The summed E-state index contributed by atoms with van der Waals surface area (Å²) in [6.07, 6.45) is 3.62. The van der Waals surface area contributed by atoms with Crippen LogP contribution in [0, 0.1) is 0 Å². The van der Waals surface area contributed by atoms with E-state index >= 15 is 0 Å². The van der Waals surface area contributed by atoms with Gasteiger partial charge in [-0.05, 0) is 162 Å². The van der Waals surface area contributed by atoms with Crippen LogP contribution < -0.4 is 16.0 Å². The van der Waals surface area contributed by atoms with Gasteiger partial charge in [0.05, 0.1) is 71.9 Å². The van der Waals surface area contributed by atoms with E-state index in [-0.39, 0.29) is 140 Å². The van der Waals surface area contributed by atoms with Crippen molar-refractivity contribution in [1.82, 2.24) is 57.1 Å². The van der Waals surface area contributed by atoms with Crippen LogP contribution in [-0.2, 0) is 84.1 Å². The van der Waals surface area contributed by atoms with Gasteiger partial charge in [0.1, 0.15) is 16.4 Å². The molecular weight excluding hydrogens is 1700 g/mol. The van der Waals surface area contributed by atoms with E-state index in [9.17, 15) is 81.4 Å². The average Bonchev–Trinajstić information content (AvgIpc) is 1.57. The van der Waals surface area contributed by atoms with Crippen LogP contribution in [0.25, 0.3) is 0 Å². The molecule has 16 rings (SSSR count). The van der Waals surface area contributed by atoms with E-state index in [1.165, 1.54) is 132 Å². The number of nitrogens with one attached hydrogen (secondary N) is 3. The molecular formula is C84H96Cl2N12O18S5. The first-order chi connectivity index (χ1) is 57.4. The third-order valence-electron chi connectivity index (χ3n) is 24.0. The number of sulfonamides is 5. The van der Waals surface area contributed by atoms with Crippen LogP contribution >= 0.6 is 23.2 Å². The van der Waals surface area contributed by atoms with Gasteiger partial charge in [-0.3, -0.25) is 44.8 Å². The minimum absolute atomic E-state index is 0.00672. The van der Waals surface area contributed by atoms with Crippen LogP contribution in [0.15, 0.2) is 225 Å². The maximum atomic E-state index is 13.6. The number of para-hydroxylation sites is 1. The van der Waals surface area contributed by atoms with Gasteiger partial charge in [-0.25, -0.2) is 42.1 Å². The lowest BCUT2D eigenvalue weighted by Gasteiger charge is -2.46. The van der Waals surface area contributed by atoms with Crippen LogP contribution in [0.5, 0.6) is 17.2 Å². The molecule has 30 nitrogen and oxygen atoms in total. The Balaban J connectivity index is 0.000000140. The highest BCUT2D eigenvalue weighted by Gasteiger charge is 2.55. The first kappa shape index (κ1) is 89.6. The van der Waals surface area contributed by atoms with Crippen LogP contribution in [0.3, 0.4) is 0 Å². The number of carbonyl (C=O) groups excluding carboxylic acids is 5. The summed E-state index contributed by atoms with van der Waals surface area (Å²) in [6, 6.07) is 55.0. The second-order valence-electron chi connectivity index (χ2n) is 31.0. The first-order valence-corrected chi connectivity index (χ1v) is 47.4. The number of piperidine rings is 4. The number of halogens is 2. The van der Waals surface area contributed by atoms with Crippen molar-refractivity contribution in [2.24, 2.45) is 0 Å². The quantitative estimate of drug-likeness (QED) is 0.0442. The van der Waals surface area contributed by atoms with E-state index in [1.807, 2.05) is 118 Å². The highest BCUT2D eigenvalue weighted by Crippen LogP contribution is 2.44. The van der Waals surface area contributed by atoms with Crippen molar-refractivity contribution in [3.8, 4) is 17.2 Å². The third-order valence-corrected chi connectivity index (χ3v) is 34.2. The van der Waals surface area contributed by atoms with Gasteiger partial charge in [-0.15, -0.1) is 0 Å². The summed E-state index contributed by atoms with van der Waals surface area (Å²) in [5, 5.41) is 38.8. The van der Waals surface area contributed by atoms with E-state index in [2.05, 4.69) is 16.0 Å². The van der Waals surface area contributed by atoms with Gasteiger partial charge < -0.3 is 30.0 Å². The highest BCUT2D eigenvalue weighted by atomic mass is 35.5. The van der Waals surface area contributed by atoms with Crippen molar-refractivity contribution in [2.75, 3.05) is 92.1 Å². The third kappa shape index (κ3) is 18.7. The Bertz CT molecular complexity index is 5730. The van der Waals surface area contributed by atoms with Crippen LogP contribution in [0.4, 0.5) is 0 Å². The number of rotatable bonds is 18. The molecule has 0 atom stereocenters. The van der Waals surface area contributed by atoms with Gasteiger partial charge >= 0.3 is 0 Å². The molecule has 8 aromatic carbocycles. The maximum absolute atomic E-state index is 13.6. The molecule has 8 aliphatic rings. The number of hydrogen-bond donors (Lipinski definition) is 6. The van der Waals surface area contributed by atoms with Gasteiger partial charge in [0.15, 0.2) is 17.3 Å². The van der Waals surface area contributed by atoms with Crippen molar-refractivity contribution in [3.05, 3.63) is 238 Å². The number of aromatic hydroxyl groups is 3. The number of phenolic OH excluding ortho intramolecular Hbond substituents is 3. The molecule has 4 spiro atoms. The number of hydrogen-bond acceptors (Lipinski definition) is 22. The number of ketones is 2. The fraction of sp³-hybridized carbons (Fsp3) is 0.369. The molecule has 8 aliphatic heterocycles. The lowest BCUT2D eigenvalue weighted by molar-refractivity contribution is -0.133. The largest absolute Gasteiger partial charge is 0.508 e. The summed E-state index contributed by atoms with van der Waals surface area (Å²) in [6.45, 7) is 7.96. The molecule has 8 aromatic rings. The lowest BCUT2D eigenvalue weighted by atomic mass is 9.96. The molecule has 121 heavy (non-hydrogen) atoms. The summed E-state index contributed by atoms with van der Waals surface area (Å²) >= 11 is 11.8. The van der Waals surface area contributed by atoms with E-state index < -0.39 is 72.8 Å². The van der Waals surface area contributed by atoms with E-state index in [0.717, 1.165) is 16.7 Å². The summed E-state index contributed by atoms with van der Waals surface area (Å²) in [4.78, 5) is 68.3. The molecule has 0 radical (unpaired) electrons. The Morgan fingerprint density at radius 3 is 1.02 bits per heavy atom. The van der Waals surface area contributed by atoms with Gasteiger partial charge in [0.25, 0.3) is 0 Å².